The third kappa shape index (κ3) is 5.85. The lowest BCUT2D eigenvalue weighted by Crippen LogP contribution is -2.57. The smallest absolute Gasteiger partial charge is 0.255 e. The Hall–Kier alpha value is -3.56. The maximum Gasteiger partial charge on any atom is 0.255 e. The molecule has 0 aliphatic carbocycles. The number of likely N-dealkylation sites (tertiary alicyclic amines) is 1. The standard InChI is InChI=1S/C33H40N4O4S/c1-6-9-21-14-22(28-20(2)35-19-42-28)12-13-23(21)16-34-30(39)27-15-25(38)18-36(27)32(41)29(33(3,4)5)37-17-24-10-7-8-11-26(24)31(37)40/h7-8,10-14,19,25,27,29,38H,6,9,15-18H2,1-5H3,(H,34,39). The molecule has 0 spiro atoms. The third-order valence-corrected chi connectivity index (χ3v) is 9.24. The second-order valence-electron chi connectivity index (χ2n) is 12.5. The van der Waals surface area contributed by atoms with E-state index in [1.807, 2.05) is 51.4 Å². The highest BCUT2D eigenvalue weighted by Gasteiger charge is 2.48. The molecule has 9 heteroatoms. The van der Waals surface area contributed by atoms with E-state index in [0.29, 0.717) is 18.7 Å². The van der Waals surface area contributed by atoms with Crippen molar-refractivity contribution in [1.82, 2.24) is 20.1 Å². The molecule has 0 saturated carbocycles. The number of aromatic nitrogens is 1. The Kier molecular flexibility index (Phi) is 8.53. The van der Waals surface area contributed by atoms with Crippen molar-refractivity contribution in [2.45, 2.75) is 85.2 Å². The van der Waals surface area contributed by atoms with Gasteiger partial charge in [-0.3, -0.25) is 14.4 Å². The van der Waals surface area contributed by atoms with Crippen molar-refractivity contribution >= 4 is 29.1 Å². The number of nitrogens with one attached hydrogen (secondary N) is 1. The summed E-state index contributed by atoms with van der Waals surface area (Å²) in [6.07, 6.45) is 1.20. The van der Waals surface area contributed by atoms with E-state index >= 15 is 0 Å². The zero-order valence-corrected chi connectivity index (χ0v) is 25.8. The number of fused-ring (bicyclic) bond motifs is 1. The van der Waals surface area contributed by atoms with Crippen LogP contribution in [0, 0.1) is 12.3 Å². The van der Waals surface area contributed by atoms with Crippen molar-refractivity contribution in [3.8, 4) is 10.4 Å². The van der Waals surface area contributed by atoms with Gasteiger partial charge in [-0.05, 0) is 53.1 Å². The predicted octanol–water partition coefficient (Wildman–Crippen LogP) is 4.72. The number of amides is 3. The van der Waals surface area contributed by atoms with Gasteiger partial charge in [0, 0.05) is 31.6 Å². The number of aliphatic hydroxyl groups is 1. The van der Waals surface area contributed by atoms with Gasteiger partial charge in [-0.2, -0.15) is 0 Å². The fourth-order valence-corrected chi connectivity index (χ4v) is 7.04. The number of thiazole rings is 1. The molecule has 222 valence electrons. The first-order valence-electron chi connectivity index (χ1n) is 14.7. The second-order valence-corrected chi connectivity index (χ2v) is 13.3. The molecule has 3 heterocycles. The van der Waals surface area contributed by atoms with Crippen LogP contribution in [0.25, 0.3) is 10.4 Å². The normalized spacial score (nSPS) is 19.2. The summed E-state index contributed by atoms with van der Waals surface area (Å²) in [6, 6.07) is 12.1. The van der Waals surface area contributed by atoms with Gasteiger partial charge >= 0.3 is 0 Å². The van der Waals surface area contributed by atoms with Gasteiger partial charge in [0.1, 0.15) is 12.1 Å². The average molecular weight is 589 g/mol. The highest BCUT2D eigenvalue weighted by Crippen LogP contribution is 2.35. The zero-order chi connectivity index (χ0) is 30.2. The largest absolute Gasteiger partial charge is 0.391 e. The van der Waals surface area contributed by atoms with Gasteiger partial charge in [0.05, 0.1) is 22.2 Å². The van der Waals surface area contributed by atoms with Crippen molar-refractivity contribution in [2.24, 2.45) is 5.41 Å². The second kappa shape index (κ2) is 12.0. The fourth-order valence-electron chi connectivity index (χ4n) is 6.24. The van der Waals surface area contributed by atoms with Crippen LogP contribution in [0.15, 0.2) is 48.0 Å². The number of hydrogen-bond acceptors (Lipinski definition) is 6. The van der Waals surface area contributed by atoms with E-state index < -0.39 is 23.6 Å². The minimum Gasteiger partial charge on any atom is -0.391 e. The van der Waals surface area contributed by atoms with E-state index in [2.05, 4.69) is 35.4 Å². The van der Waals surface area contributed by atoms with E-state index in [9.17, 15) is 19.5 Å². The van der Waals surface area contributed by atoms with Gasteiger partial charge in [-0.25, -0.2) is 4.98 Å². The minimum absolute atomic E-state index is 0.0580. The summed E-state index contributed by atoms with van der Waals surface area (Å²) in [6.45, 7) is 10.7. The SMILES string of the molecule is CCCc1cc(-c2scnc2C)ccc1CNC(=O)C1CC(O)CN1C(=O)C(N1Cc2ccccc2C1=O)C(C)(C)C. The summed E-state index contributed by atoms with van der Waals surface area (Å²) in [5, 5.41) is 13.6. The van der Waals surface area contributed by atoms with Crippen LogP contribution in [0.2, 0.25) is 0 Å². The lowest BCUT2D eigenvalue weighted by molar-refractivity contribution is -0.145. The number of rotatable bonds is 8. The summed E-state index contributed by atoms with van der Waals surface area (Å²) in [5.74, 6) is -0.787. The minimum atomic E-state index is -0.814. The Morgan fingerprint density at radius 3 is 2.60 bits per heavy atom. The van der Waals surface area contributed by atoms with Crippen molar-refractivity contribution in [2.75, 3.05) is 6.54 Å². The monoisotopic (exact) mass is 588 g/mol. The molecule has 2 N–H and O–H groups in total. The first-order valence-corrected chi connectivity index (χ1v) is 15.5. The van der Waals surface area contributed by atoms with E-state index in [-0.39, 0.29) is 30.7 Å². The predicted molar refractivity (Wildman–Crippen MR) is 164 cm³/mol. The van der Waals surface area contributed by atoms with Crippen LogP contribution in [0.3, 0.4) is 0 Å². The molecule has 2 aliphatic heterocycles. The summed E-state index contributed by atoms with van der Waals surface area (Å²) < 4.78 is 0. The maximum absolute atomic E-state index is 14.2. The van der Waals surface area contributed by atoms with Gasteiger partial charge in [-0.15, -0.1) is 11.3 Å². The summed E-state index contributed by atoms with van der Waals surface area (Å²) in [5.41, 5.74) is 7.08. The summed E-state index contributed by atoms with van der Waals surface area (Å²) in [4.78, 5) is 49.7. The quantitative estimate of drug-likeness (QED) is 0.397. The number of aryl methyl sites for hydroxylation is 2. The van der Waals surface area contributed by atoms with Gasteiger partial charge in [-0.1, -0.05) is 64.4 Å². The first-order chi connectivity index (χ1) is 20.0. The molecule has 2 aliphatic rings. The molecule has 1 fully saturated rings. The Labute approximate surface area is 251 Å². The molecule has 8 nitrogen and oxygen atoms in total. The number of aliphatic hydroxyl groups excluding tert-OH is 1. The fraction of sp³-hybridized carbons (Fsp3) is 0.455. The van der Waals surface area contributed by atoms with Crippen molar-refractivity contribution in [3.05, 3.63) is 75.9 Å². The van der Waals surface area contributed by atoms with Crippen LogP contribution >= 0.6 is 11.3 Å². The zero-order valence-electron chi connectivity index (χ0n) is 25.0. The molecule has 3 unspecified atom stereocenters. The highest BCUT2D eigenvalue weighted by molar-refractivity contribution is 7.13. The number of carbonyl (C=O) groups excluding carboxylic acids is 3. The molecule has 3 atom stereocenters. The number of β-amino-alcohol motifs (C(OH)–C–C–N with tert-alkyl or cyclic N) is 1. The number of hydrogen-bond donors (Lipinski definition) is 2. The molecule has 3 amide bonds. The van der Waals surface area contributed by atoms with Crippen LogP contribution < -0.4 is 5.32 Å². The number of carbonyl (C=O) groups is 3. The molecule has 2 aromatic carbocycles. The van der Waals surface area contributed by atoms with E-state index in [1.54, 1.807) is 22.3 Å². The molecule has 42 heavy (non-hydrogen) atoms. The van der Waals surface area contributed by atoms with Crippen molar-refractivity contribution in [1.29, 1.82) is 0 Å². The van der Waals surface area contributed by atoms with Crippen LogP contribution in [0.1, 0.15) is 73.3 Å². The highest BCUT2D eigenvalue weighted by atomic mass is 32.1. The number of benzene rings is 2. The summed E-state index contributed by atoms with van der Waals surface area (Å²) >= 11 is 1.62. The van der Waals surface area contributed by atoms with Gasteiger partial charge in [0.2, 0.25) is 11.8 Å². The molecule has 1 aromatic heterocycles. The maximum atomic E-state index is 14.2. The molecule has 0 radical (unpaired) electrons. The van der Waals surface area contributed by atoms with Crippen molar-refractivity contribution in [3.63, 3.8) is 0 Å². The number of nitrogens with zero attached hydrogens (tertiary/aromatic N) is 3. The average Bonchev–Trinajstić information content (AvgIpc) is 3.64. The van der Waals surface area contributed by atoms with Gasteiger partial charge in [0.15, 0.2) is 0 Å². The molecule has 5 rings (SSSR count). The van der Waals surface area contributed by atoms with Crippen molar-refractivity contribution < 1.29 is 19.5 Å². The topological polar surface area (TPSA) is 103 Å². The van der Waals surface area contributed by atoms with Gasteiger partial charge in [0.25, 0.3) is 5.91 Å². The lowest BCUT2D eigenvalue weighted by Gasteiger charge is -2.40. The van der Waals surface area contributed by atoms with Crippen LogP contribution in [0.4, 0.5) is 0 Å². The first kappa shape index (κ1) is 29.9. The third-order valence-electron chi connectivity index (χ3n) is 8.27. The van der Waals surface area contributed by atoms with E-state index in [1.165, 1.54) is 10.5 Å². The molecular formula is C33H40N4O4S. The van der Waals surface area contributed by atoms with Crippen LogP contribution in [-0.4, -0.2) is 62.3 Å². The van der Waals surface area contributed by atoms with Crippen LogP contribution in [0.5, 0.6) is 0 Å². The van der Waals surface area contributed by atoms with E-state index in [0.717, 1.165) is 40.1 Å². The van der Waals surface area contributed by atoms with Crippen LogP contribution in [-0.2, 0) is 29.1 Å². The lowest BCUT2D eigenvalue weighted by atomic mass is 9.84. The molecule has 0 bridgehead atoms. The Morgan fingerprint density at radius 1 is 1.17 bits per heavy atom. The summed E-state index contributed by atoms with van der Waals surface area (Å²) in [7, 11) is 0. The Bertz CT molecular complexity index is 1490. The Morgan fingerprint density at radius 2 is 1.93 bits per heavy atom. The molecule has 3 aromatic rings. The van der Waals surface area contributed by atoms with Gasteiger partial charge < -0.3 is 20.2 Å². The Balaban J connectivity index is 1.34. The molecule has 1 saturated heterocycles. The van der Waals surface area contributed by atoms with E-state index in [4.69, 9.17) is 0 Å². The molecular weight excluding hydrogens is 548 g/mol.